The molecule has 0 unspecified atom stereocenters. The van der Waals surface area contributed by atoms with Crippen LogP contribution in [0.2, 0.25) is 0 Å². The highest BCUT2D eigenvalue weighted by molar-refractivity contribution is 5.69. The smallest absolute Gasteiger partial charge is 0.151 e. The SMILES string of the molecule is CN(c1ccc(-c2ccc(-n3cnnc3)cc2O)nn1)[C@H]1C[C@]2(C)CC[C@](C)([C@H]1F)N2C. The third kappa shape index (κ3) is 3.06. The van der Waals surface area contributed by atoms with Crippen LogP contribution in [0.1, 0.15) is 33.1 Å². The van der Waals surface area contributed by atoms with Crippen LogP contribution in [0.4, 0.5) is 10.2 Å². The average Bonchev–Trinajstić information content (AvgIpc) is 3.39. The van der Waals surface area contributed by atoms with Crippen LogP contribution in [0, 0.1) is 0 Å². The fraction of sp³-hybridized carbons (Fsp3) is 0.478. The second-order valence-electron chi connectivity index (χ2n) is 9.54. The number of rotatable bonds is 4. The molecular formula is C23H28FN7O. The van der Waals surface area contributed by atoms with Crippen LogP contribution in [0.25, 0.3) is 16.9 Å². The van der Waals surface area contributed by atoms with Crippen molar-refractivity contribution in [1.29, 1.82) is 0 Å². The van der Waals surface area contributed by atoms with Crippen molar-refractivity contribution in [3.8, 4) is 22.7 Å². The Labute approximate surface area is 186 Å². The fourth-order valence-corrected chi connectivity index (χ4v) is 5.40. The van der Waals surface area contributed by atoms with Crippen LogP contribution in [0.5, 0.6) is 5.75 Å². The van der Waals surface area contributed by atoms with E-state index < -0.39 is 11.7 Å². The van der Waals surface area contributed by atoms with Crippen molar-refractivity contribution in [2.75, 3.05) is 19.0 Å². The maximum atomic E-state index is 15.7. The molecule has 5 rings (SSSR count). The van der Waals surface area contributed by atoms with Crippen molar-refractivity contribution in [3.05, 3.63) is 43.0 Å². The summed E-state index contributed by atoms with van der Waals surface area (Å²) >= 11 is 0. The quantitative estimate of drug-likeness (QED) is 0.671. The number of aromatic hydroxyl groups is 1. The van der Waals surface area contributed by atoms with E-state index in [4.69, 9.17) is 0 Å². The molecule has 0 radical (unpaired) electrons. The van der Waals surface area contributed by atoms with Gasteiger partial charge in [-0.15, -0.1) is 20.4 Å². The maximum absolute atomic E-state index is 15.7. The van der Waals surface area contributed by atoms with Crippen LogP contribution in [0.15, 0.2) is 43.0 Å². The van der Waals surface area contributed by atoms with Crippen molar-refractivity contribution in [2.45, 2.75) is 56.4 Å². The summed E-state index contributed by atoms with van der Waals surface area (Å²) < 4.78 is 17.4. The topological polar surface area (TPSA) is 83.2 Å². The molecule has 3 aromatic rings. The number of phenolic OH excluding ortho intramolecular Hbond substituents is 1. The van der Waals surface area contributed by atoms with Gasteiger partial charge in [0.1, 0.15) is 24.6 Å². The average molecular weight is 438 g/mol. The van der Waals surface area contributed by atoms with Gasteiger partial charge >= 0.3 is 0 Å². The highest BCUT2D eigenvalue weighted by Crippen LogP contribution is 2.51. The van der Waals surface area contributed by atoms with Gasteiger partial charge in [0.2, 0.25) is 0 Å². The highest BCUT2D eigenvalue weighted by Gasteiger charge is 2.60. The minimum absolute atomic E-state index is 0.0120. The van der Waals surface area contributed by atoms with Gasteiger partial charge in [-0.1, -0.05) is 0 Å². The first kappa shape index (κ1) is 20.8. The zero-order valence-electron chi connectivity index (χ0n) is 18.8. The van der Waals surface area contributed by atoms with Crippen molar-refractivity contribution < 1.29 is 9.50 Å². The summed E-state index contributed by atoms with van der Waals surface area (Å²) in [6.07, 6.45) is 4.75. The van der Waals surface area contributed by atoms with Crippen LogP contribution in [-0.4, -0.2) is 72.4 Å². The molecule has 0 saturated carbocycles. The van der Waals surface area contributed by atoms with E-state index in [2.05, 4.69) is 32.2 Å². The first-order valence-corrected chi connectivity index (χ1v) is 10.9. The molecule has 2 aliphatic heterocycles. The first-order chi connectivity index (χ1) is 15.2. The number of phenols is 1. The van der Waals surface area contributed by atoms with Crippen LogP contribution < -0.4 is 4.90 Å². The van der Waals surface area contributed by atoms with Crippen LogP contribution >= 0.6 is 0 Å². The number of anilines is 1. The maximum Gasteiger partial charge on any atom is 0.151 e. The second-order valence-corrected chi connectivity index (χ2v) is 9.54. The Bertz CT molecular complexity index is 1120. The zero-order chi connectivity index (χ0) is 22.7. The van der Waals surface area contributed by atoms with E-state index >= 15 is 4.39 Å². The van der Waals surface area contributed by atoms with E-state index in [9.17, 15) is 5.11 Å². The molecule has 1 aromatic carbocycles. The lowest BCUT2D eigenvalue weighted by Gasteiger charge is -2.53. The Morgan fingerprint density at radius 1 is 1.09 bits per heavy atom. The normalized spacial score (nSPS) is 29.9. The summed E-state index contributed by atoms with van der Waals surface area (Å²) in [6.45, 7) is 4.26. The first-order valence-electron chi connectivity index (χ1n) is 10.9. The molecule has 0 spiro atoms. The highest BCUT2D eigenvalue weighted by atomic mass is 19.1. The Morgan fingerprint density at radius 2 is 1.84 bits per heavy atom. The molecule has 2 fully saturated rings. The summed E-state index contributed by atoms with van der Waals surface area (Å²) in [5.41, 5.74) is 1.39. The van der Waals surface area contributed by atoms with Gasteiger partial charge in [0.25, 0.3) is 0 Å². The number of fused-ring (bicyclic) bond motifs is 2. The Kier molecular flexibility index (Phi) is 4.70. The number of nitrogens with zero attached hydrogens (tertiary/aromatic N) is 7. The molecule has 9 heteroatoms. The van der Waals surface area contributed by atoms with E-state index in [1.54, 1.807) is 29.4 Å². The molecule has 0 aliphatic carbocycles. The molecular weight excluding hydrogens is 409 g/mol. The summed E-state index contributed by atoms with van der Waals surface area (Å²) in [5.74, 6) is 0.710. The van der Waals surface area contributed by atoms with Gasteiger partial charge in [0.15, 0.2) is 5.82 Å². The molecule has 1 N–H and O–H groups in total. The van der Waals surface area contributed by atoms with Gasteiger partial charge in [-0.25, -0.2) is 4.39 Å². The third-order valence-electron chi connectivity index (χ3n) is 7.81. The van der Waals surface area contributed by atoms with Crippen molar-refractivity contribution in [1.82, 2.24) is 29.9 Å². The van der Waals surface area contributed by atoms with E-state index in [1.807, 2.05) is 44.1 Å². The predicted molar refractivity (Wildman–Crippen MR) is 120 cm³/mol. The molecule has 2 bridgehead atoms. The van der Waals surface area contributed by atoms with E-state index in [0.717, 1.165) is 24.9 Å². The molecule has 2 saturated heterocycles. The molecule has 2 aliphatic rings. The number of piperidine rings is 1. The van der Waals surface area contributed by atoms with Crippen molar-refractivity contribution in [3.63, 3.8) is 0 Å². The Hall–Kier alpha value is -3.07. The van der Waals surface area contributed by atoms with Gasteiger partial charge in [0, 0.05) is 24.2 Å². The lowest BCUT2D eigenvalue weighted by atomic mass is 9.80. The molecule has 168 valence electrons. The summed E-state index contributed by atoms with van der Waals surface area (Å²) in [4.78, 5) is 4.15. The van der Waals surface area contributed by atoms with Crippen LogP contribution in [-0.2, 0) is 0 Å². The summed E-state index contributed by atoms with van der Waals surface area (Å²) in [5, 5.41) is 26.8. The molecule has 2 aromatic heterocycles. The fourth-order valence-electron chi connectivity index (χ4n) is 5.40. The lowest BCUT2D eigenvalue weighted by molar-refractivity contribution is -0.0359. The number of aromatic nitrogens is 5. The lowest BCUT2D eigenvalue weighted by Crippen LogP contribution is -2.66. The second kappa shape index (κ2) is 7.23. The molecule has 0 amide bonds. The number of hydrogen-bond donors (Lipinski definition) is 1. The Balaban J connectivity index is 1.38. The van der Waals surface area contributed by atoms with Crippen molar-refractivity contribution in [2.24, 2.45) is 0 Å². The van der Waals surface area contributed by atoms with Gasteiger partial charge in [0.05, 0.1) is 23.0 Å². The van der Waals surface area contributed by atoms with Crippen molar-refractivity contribution >= 4 is 5.82 Å². The van der Waals surface area contributed by atoms with E-state index in [-0.39, 0.29) is 17.3 Å². The zero-order valence-corrected chi connectivity index (χ0v) is 18.8. The van der Waals surface area contributed by atoms with Gasteiger partial charge in [-0.3, -0.25) is 9.47 Å². The third-order valence-corrected chi connectivity index (χ3v) is 7.81. The monoisotopic (exact) mass is 437 g/mol. The predicted octanol–water partition coefficient (Wildman–Crippen LogP) is 3.22. The van der Waals surface area contributed by atoms with Gasteiger partial charge in [-0.05, 0) is 64.4 Å². The van der Waals surface area contributed by atoms with Crippen LogP contribution in [0.3, 0.4) is 0 Å². The minimum Gasteiger partial charge on any atom is -0.507 e. The molecule has 4 heterocycles. The number of hydrogen-bond acceptors (Lipinski definition) is 7. The standard InChI is InChI=1S/C23H28FN7O/c1-22-9-10-23(2,30(22)4)21(24)18(12-22)29(3)20-8-7-17(27-28-20)16-6-5-15(11-19(16)32)31-13-25-26-14-31/h5-8,11,13-14,18,21,32H,9-10,12H2,1-4H3/t18-,21-,22-,23+/m0/s1. The minimum atomic E-state index is -0.983. The van der Waals surface area contributed by atoms with Gasteiger partial charge in [-0.2, -0.15) is 0 Å². The van der Waals surface area contributed by atoms with E-state index in [0.29, 0.717) is 17.1 Å². The Morgan fingerprint density at radius 3 is 2.50 bits per heavy atom. The van der Waals surface area contributed by atoms with Gasteiger partial charge < -0.3 is 10.0 Å². The largest absolute Gasteiger partial charge is 0.507 e. The molecule has 32 heavy (non-hydrogen) atoms. The molecule has 4 atom stereocenters. The summed E-state index contributed by atoms with van der Waals surface area (Å²) in [6, 6.07) is 8.65. The number of benzene rings is 1. The number of halogens is 1. The summed E-state index contributed by atoms with van der Waals surface area (Å²) in [7, 11) is 3.94. The molecule has 8 nitrogen and oxygen atoms in total. The van der Waals surface area contributed by atoms with E-state index in [1.165, 1.54) is 0 Å². The number of alkyl halides is 1.